The van der Waals surface area contributed by atoms with Gasteiger partial charge in [0.25, 0.3) is 5.91 Å². The molecule has 9 nitrogen and oxygen atoms in total. The Kier molecular flexibility index (Phi) is 4.18. The first-order valence-electron chi connectivity index (χ1n) is 7.17. The largest absolute Gasteiger partial charge is 0.360 e. The number of aromatic nitrogens is 3. The summed E-state index contributed by atoms with van der Waals surface area (Å²) in [7, 11) is 0. The molecule has 1 saturated heterocycles. The van der Waals surface area contributed by atoms with E-state index in [2.05, 4.69) is 20.4 Å². The molecule has 2 aromatic rings. The number of hydrogen-bond donors (Lipinski definition) is 1. The van der Waals surface area contributed by atoms with E-state index in [1.54, 1.807) is 22.8 Å². The Balaban J connectivity index is 1.62. The van der Waals surface area contributed by atoms with E-state index in [1.165, 1.54) is 12.4 Å². The first-order valence-corrected chi connectivity index (χ1v) is 7.17. The average Bonchev–Trinajstić information content (AvgIpc) is 3.00. The summed E-state index contributed by atoms with van der Waals surface area (Å²) in [5, 5.41) is 6.67. The Bertz CT molecular complexity index is 691. The van der Waals surface area contributed by atoms with Gasteiger partial charge in [0.1, 0.15) is 5.76 Å². The third kappa shape index (κ3) is 3.44. The molecule has 2 amide bonds. The zero-order valence-corrected chi connectivity index (χ0v) is 12.6. The van der Waals surface area contributed by atoms with E-state index in [0.717, 1.165) is 6.41 Å². The molecule has 3 heterocycles. The van der Waals surface area contributed by atoms with E-state index in [4.69, 9.17) is 4.52 Å². The van der Waals surface area contributed by atoms with Crippen LogP contribution in [0.15, 0.2) is 23.0 Å². The van der Waals surface area contributed by atoms with Crippen LogP contribution < -0.4 is 5.32 Å². The van der Waals surface area contributed by atoms with Crippen molar-refractivity contribution < 1.29 is 14.1 Å². The minimum atomic E-state index is -0.139. The molecule has 1 aliphatic rings. The van der Waals surface area contributed by atoms with Crippen molar-refractivity contribution in [2.45, 2.75) is 6.92 Å². The molecule has 23 heavy (non-hydrogen) atoms. The zero-order valence-electron chi connectivity index (χ0n) is 12.6. The van der Waals surface area contributed by atoms with Crippen LogP contribution in [0.4, 0.5) is 11.8 Å². The Morgan fingerprint density at radius 3 is 2.52 bits per heavy atom. The van der Waals surface area contributed by atoms with E-state index in [0.29, 0.717) is 49.3 Å². The van der Waals surface area contributed by atoms with Crippen molar-refractivity contribution in [1.29, 1.82) is 0 Å². The maximum absolute atomic E-state index is 12.4. The second-order valence-corrected chi connectivity index (χ2v) is 5.18. The van der Waals surface area contributed by atoms with Crippen molar-refractivity contribution >= 4 is 24.1 Å². The number of amides is 2. The van der Waals surface area contributed by atoms with Gasteiger partial charge in [-0.25, -0.2) is 9.97 Å². The van der Waals surface area contributed by atoms with Crippen LogP contribution in [0.3, 0.4) is 0 Å². The summed E-state index contributed by atoms with van der Waals surface area (Å²) in [6, 6.07) is 1.72. The van der Waals surface area contributed by atoms with Crippen molar-refractivity contribution in [1.82, 2.24) is 24.9 Å². The molecule has 0 bridgehead atoms. The molecule has 2 aromatic heterocycles. The zero-order chi connectivity index (χ0) is 16.2. The molecule has 0 aliphatic carbocycles. The molecule has 1 aliphatic heterocycles. The highest BCUT2D eigenvalue weighted by molar-refractivity contribution is 5.93. The van der Waals surface area contributed by atoms with Gasteiger partial charge in [-0.05, 0) is 6.92 Å². The van der Waals surface area contributed by atoms with Crippen molar-refractivity contribution in [2.24, 2.45) is 0 Å². The number of aryl methyl sites for hydroxylation is 1. The van der Waals surface area contributed by atoms with Crippen LogP contribution in [0.5, 0.6) is 0 Å². The van der Waals surface area contributed by atoms with Gasteiger partial charge < -0.3 is 19.6 Å². The summed E-state index contributed by atoms with van der Waals surface area (Å²) in [5.74, 6) is 1.38. The van der Waals surface area contributed by atoms with Crippen molar-refractivity contribution in [3.63, 3.8) is 0 Å². The average molecular weight is 316 g/mol. The third-order valence-corrected chi connectivity index (χ3v) is 3.52. The molecule has 0 aromatic carbocycles. The van der Waals surface area contributed by atoms with Gasteiger partial charge >= 0.3 is 0 Å². The summed E-state index contributed by atoms with van der Waals surface area (Å²) < 4.78 is 4.94. The highest BCUT2D eigenvalue weighted by Crippen LogP contribution is 2.13. The fourth-order valence-electron chi connectivity index (χ4n) is 2.26. The maximum Gasteiger partial charge on any atom is 0.257 e. The van der Waals surface area contributed by atoms with Gasteiger partial charge in [0.15, 0.2) is 5.82 Å². The summed E-state index contributed by atoms with van der Waals surface area (Å²) in [4.78, 5) is 34.6. The van der Waals surface area contributed by atoms with Gasteiger partial charge in [0.2, 0.25) is 12.4 Å². The van der Waals surface area contributed by atoms with Gasteiger partial charge in [-0.1, -0.05) is 5.16 Å². The van der Waals surface area contributed by atoms with Gasteiger partial charge in [-0.2, -0.15) is 0 Å². The molecule has 120 valence electrons. The van der Waals surface area contributed by atoms with E-state index in [1.807, 2.05) is 0 Å². The summed E-state index contributed by atoms with van der Waals surface area (Å²) >= 11 is 0. The van der Waals surface area contributed by atoms with Crippen LogP contribution >= 0.6 is 0 Å². The van der Waals surface area contributed by atoms with Crippen molar-refractivity contribution in [2.75, 3.05) is 31.5 Å². The molecule has 0 saturated carbocycles. The van der Waals surface area contributed by atoms with Crippen LogP contribution in [0.1, 0.15) is 16.1 Å². The minimum Gasteiger partial charge on any atom is -0.360 e. The van der Waals surface area contributed by atoms with Crippen LogP contribution in [-0.4, -0.2) is 63.4 Å². The third-order valence-electron chi connectivity index (χ3n) is 3.52. The normalized spacial score (nSPS) is 14.7. The van der Waals surface area contributed by atoms with Crippen LogP contribution in [0.2, 0.25) is 0 Å². The van der Waals surface area contributed by atoms with E-state index in [9.17, 15) is 9.59 Å². The first-order chi connectivity index (χ1) is 11.2. The number of carbonyl (C=O) groups excluding carboxylic acids is 2. The second kappa shape index (κ2) is 6.42. The van der Waals surface area contributed by atoms with Crippen molar-refractivity contribution in [3.8, 4) is 0 Å². The SMILES string of the molecule is Cc1cc(Nc2ncc(C(=O)N3CCN(C=O)CC3)cn2)no1. The number of hydrogen-bond acceptors (Lipinski definition) is 7. The summed E-state index contributed by atoms with van der Waals surface area (Å²) in [6.07, 6.45) is 3.74. The lowest BCUT2D eigenvalue weighted by atomic mass is 10.2. The molecule has 1 fully saturated rings. The number of rotatable bonds is 4. The Morgan fingerprint density at radius 1 is 1.26 bits per heavy atom. The monoisotopic (exact) mass is 316 g/mol. The molecule has 0 atom stereocenters. The summed E-state index contributed by atoms with van der Waals surface area (Å²) in [6.45, 7) is 3.89. The van der Waals surface area contributed by atoms with E-state index < -0.39 is 0 Å². The van der Waals surface area contributed by atoms with Crippen molar-refractivity contribution in [3.05, 3.63) is 29.8 Å². The molecule has 0 spiro atoms. The summed E-state index contributed by atoms with van der Waals surface area (Å²) in [5.41, 5.74) is 0.409. The Morgan fingerprint density at radius 2 is 1.96 bits per heavy atom. The number of piperazine rings is 1. The lowest BCUT2D eigenvalue weighted by Gasteiger charge is -2.32. The smallest absolute Gasteiger partial charge is 0.257 e. The molecule has 9 heteroatoms. The van der Waals surface area contributed by atoms with Crippen LogP contribution in [0.25, 0.3) is 0 Å². The second-order valence-electron chi connectivity index (χ2n) is 5.18. The standard InChI is InChI=1S/C14H16N6O3/c1-10-6-12(18-23-10)17-14-15-7-11(8-16-14)13(22)20-4-2-19(9-21)3-5-20/h6-9H,2-5H2,1H3,(H,15,16,17,18). The van der Waals surface area contributed by atoms with Gasteiger partial charge in [-0.3, -0.25) is 9.59 Å². The molecule has 0 radical (unpaired) electrons. The Labute approximate surface area is 132 Å². The van der Waals surface area contributed by atoms with Crippen LogP contribution in [0, 0.1) is 6.92 Å². The van der Waals surface area contributed by atoms with E-state index in [-0.39, 0.29) is 5.91 Å². The topological polar surface area (TPSA) is 104 Å². The lowest BCUT2D eigenvalue weighted by Crippen LogP contribution is -2.48. The first kappa shape index (κ1) is 14.9. The van der Waals surface area contributed by atoms with Gasteiger partial charge in [0.05, 0.1) is 5.56 Å². The number of nitrogens with one attached hydrogen (secondary N) is 1. The quantitative estimate of drug-likeness (QED) is 0.816. The molecule has 3 rings (SSSR count). The molecular weight excluding hydrogens is 300 g/mol. The van der Waals surface area contributed by atoms with Gasteiger partial charge in [-0.15, -0.1) is 0 Å². The number of nitrogens with zero attached hydrogens (tertiary/aromatic N) is 5. The highest BCUT2D eigenvalue weighted by Gasteiger charge is 2.21. The predicted octanol–water partition coefficient (Wildman–Crippen LogP) is 0.431. The number of carbonyl (C=O) groups is 2. The fourth-order valence-corrected chi connectivity index (χ4v) is 2.26. The minimum absolute atomic E-state index is 0.139. The van der Waals surface area contributed by atoms with Gasteiger partial charge in [0, 0.05) is 44.6 Å². The van der Waals surface area contributed by atoms with Crippen LogP contribution in [-0.2, 0) is 4.79 Å². The fraction of sp³-hybridized carbons (Fsp3) is 0.357. The Hall–Kier alpha value is -2.97. The lowest BCUT2D eigenvalue weighted by molar-refractivity contribution is -0.119. The van der Waals surface area contributed by atoms with E-state index >= 15 is 0 Å². The molecule has 0 unspecified atom stereocenters. The molecule has 1 N–H and O–H groups in total. The highest BCUT2D eigenvalue weighted by atomic mass is 16.5. The maximum atomic E-state index is 12.4. The predicted molar refractivity (Wildman–Crippen MR) is 80.1 cm³/mol. The molecular formula is C14H16N6O3. The number of anilines is 2.